The molecular weight excluding hydrogens is 295 g/mol. The van der Waals surface area contributed by atoms with Crippen LogP contribution in [0.5, 0.6) is 0 Å². The monoisotopic (exact) mass is 312 g/mol. The zero-order chi connectivity index (χ0) is 16.4. The molecule has 0 unspecified atom stereocenters. The van der Waals surface area contributed by atoms with Crippen molar-refractivity contribution in [3.63, 3.8) is 0 Å². The summed E-state index contributed by atoms with van der Waals surface area (Å²) < 4.78 is 13.6. The average molecular weight is 312 g/mol. The van der Waals surface area contributed by atoms with Gasteiger partial charge in [-0.3, -0.25) is 9.59 Å². The summed E-state index contributed by atoms with van der Waals surface area (Å²) in [5, 5.41) is 2.57. The van der Waals surface area contributed by atoms with Gasteiger partial charge in [0.2, 0.25) is 11.8 Å². The quantitative estimate of drug-likeness (QED) is 0.946. The van der Waals surface area contributed by atoms with Crippen LogP contribution in [0.25, 0.3) is 0 Å². The Morgan fingerprint density at radius 2 is 1.87 bits per heavy atom. The number of halogens is 1. The molecule has 0 saturated carbocycles. The molecule has 0 radical (unpaired) electrons. The van der Waals surface area contributed by atoms with Crippen LogP contribution >= 0.6 is 0 Å². The van der Waals surface area contributed by atoms with Gasteiger partial charge in [-0.1, -0.05) is 30.3 Å². The van der Waals surface area contributed by atoms with Crippen LogP contribution in [-0.4, -0.2) is 18.4 Å². The highest BCUT2D eigenvalue weighted by Crippen LogP contribution is 2.28. The van der Waals surface area contributed by atoms with Crippen molar-refractivity contribution >= 4 is 23.2 Å². The van der Waals surface area contributed by atoms with Gasteiger partial charge in [-0.15, -0.1) is 0 Å². The van der Waals surface area contributed by atoms with E-state index in [2.05, 4.69) is 5.32 Å². The van der Waals surface area contributed by atoms with E-state index in [1.54, 1.807) is 17.0 Å². The Balaban J connectivity index is 1.74. The maximum Gasteiger partial charge on any atom is 0.229 e. The van der Waals surface area contributed by atoms with Gasteiger partial charge in [-0.25, -0.2) is 4.39 Å². The standard InChI is InChI=1S/C18H17FN2O2/c1-12-6-2-5-9-16(12)21-11-13(10-17(21)22)18(23)20-15-8-4-3-7-14(15)19/h2-9,13H,10-11H2,1H3,(H,20,23)/t13-/m0/s1. The van der Waals surface area contributed by atoms with Gasteiger partial charge in [-0.2, -0.15) is 0 Å². The average Bonchev–Trinajstić information content (AvgIpc) is 2.92. The highest BCUT2D eigenvalue weighted by molar-refractivity contribution is 6.03. The van der Waals surface area contributed by atoms with Crippen LogP contribution in [0.15, 0.2) is 48.5 Å². The minimum absolute atomic E-state index is 0.0898. The fraction of sp³-hybridized carbons (Fsp3) is 0.222. The Labute approximate surface area is 133 Å². The second-order valence-corrected chi connectivity index (χ2v) is 5.66. The molecule has 0 spiro atoms. The molecule has 118 valence electrons. The summed E-state index contributed by atoms with van der Waals surface area (Å²) in [6.07, 6.45) is 0.134. The summed E-state index contributed by atoms with van der Waals surface area (Å²) in [7, 11) is 0. The predicted molar refractivity (Wildman–Crippen MR) is 86.7 cm³/mol. The van der Waals surface area contributed by atoms with Crippen molar-refractivity contribution in [3.05, 3.63) is 59.9 Å². The van der Waals surface area contributed by atoms with Crippen LogP contribution in [0.3, 0.4) is 0 Å². The molecule has 0 aromatic heterocycles. The fourth-order valence-corrected chi connectivity index (χ4v) is 2.78. The lowest BCUT2D eigenvalue weighted by atomic mass is 10.1. The lowest BCUT2D eigenvalue weighted by Gasteiger charge is -2.19. The van der Waals surface area contributed by atoms with E-state index in [0.29, 0.717) is 6.54 Å². The van der Waals surface area contributed by atoms with Crippen LogP contribution in [0.4, 0.5) is 15.8 Å². The molecule has 5 heteroatoms. The summed E-state index contributed by atoms with van der Waals surface area (Å²) >= 11 is 0. The van der Waals surface area contributed by atoms with E-state index in [1.807, 2.05) is 31.2 Å². The normalized spacial score (nSPS) is 17.4. The third-order valence-electron chi connectivity index (χ3n) is 4.03. The minimum atomic E-state index is -0.485. The van der Waals surface area contributed by atoms with Crippen molar-refractivity contribution in [2.24, 2.45) is 5.92 Å². The first-order valence-electron chi connectivity index (χ1n) is 7.47. The van der Waals surface area contributed by atoms with Gasteiger partial charge in [0.1, 0.15) is 5.82 Å². The van der Waals surface area contributed by atoms with E-state index in [0.717, 1.165) is 11.3 Å². The van der Waals surface area contributed by atoms with E-state index in [1.165, 1.54) is 12.1 Å². The molecule has 1 N–H and O–H groups in total. The van der Waals surface area contributed by atoms with Gasteiger partial charge in [-0.05, 0) is 30.7 Å². The molecule has 2 aromatic rings. The molecule has 3 rings (SSSR count). The van der Waals surface area contributed by atoms with Gasteiger partial charge in [0.05, 0.1) is 11.6 Å². The third-order valence-corrected chi connectivity index (χ3v) is 4.03. The molecule has 0 bridgehead atoms. The molecule has 23 heavy (non-hydrogen) atoms. The Morgan fingerprint density at radius 3 is 2.61 bits per heavy atom. The number of aryl methyl sites for hydroxylation is 1. The Kier molecular flexibility index (Phi) is 4.10. The number of hydrogen-bond donors (Lipinski definition) is 1. The van der Waals surface area contributed by atoms with Crippen molar-refractivity contribution in [2.75, 3.05) is 16.8 Å². The molecule has 2 aromatic carbocycles. The molecule has 0 aliphatic carbocycles. The lowest BCUT2D eigenvalue weighted by Crippen LogP contribution is -2.28. The van der Waals surface area contributed by atoms with Gasteiger partial charge < -0.3 is 10.2 Å². The lowest BCUT2D eigenvalue weighted by molar-refractivity contribution is -0.122. The fourth-order valence-electron chi connectivity index (χ4n) is 2.78. The SMILES string of the molecule is Cc1ccccc1N1C[C@@H](C(=O)Nc2ccccc2F)CC1=O. The van der Waals surface area contributed by atoms with E-state index < -0.39 is 11.7 Å². The van der Waals surface area contributed by atoms with Crippen LogP contribution in [0.1, 0.15) is 12.0 Å². The number of carbonyl (C=O) groups is 2. The first-order valence-corrected chi connectivity index (χ1v) is 7.47. The number of nitrogens with zero attached hydrogens (tertiary/aromatic N) is 1. The Hall–Kier alpha value is -2.69. The van der Waals surface area contributed by atoms with Crippen molar-refractivity contribution < 1.29 is 14.0 Å². The number of benzene rings is 2. The molecular formula is C18H17FN2O2. The van der Waals surface area contributed by atoms with Crippen molar-refractivity contribution in [1.82, 2.24) is 0 Å². The molecule has 4 nitrogen and oxygen atoms in total. The highest BCUT2D eigenvalue weighted by atomic mass is 19.1. The maximum absolute atomic E-state index is 13.6. The summed E-state index contributed by atoms with van der Waals surface area (Å²) in [6, 6.07) is 13.6. The largest absolute Gasteiger partial charge is 0.323 e. The van der Waals surface area contributed by atoms with Crippen LogP contribution < -0.4 is 10.2 Å². The predicted octanol–water partition coefficient (Wildman–Crippen LogP) is 3.13. The second kappa shape index (κ2) is 6.20. The molecule has 1 atom stereocenters. The molecule has 2 amide bonds. The number of amides is 2. The second-order valence-electron chi connectivity index (χ2n) is 5.66. The summed E-state index contributed by atoms with van der Waals surface area (Å²) in [5.41, 5.74) is 1.94. The van der Waals surface area contributed by atoms with Crippen molar-refractivity contribution in [2.45, 2.75) is 13.3 Å². The van der Waals surface area contributed by atoms with E-state index in [4.69, 9.17) is 0 Å². The molecule has 1 aliphatic heterocycles. The topological polar surface area (TPSA) is 49.4 Å². The number of rotatable bonds is 3. The molecule has 1 heterocycles. The maximum atomic E-state index is 13.6. The first kappa shape index (κ1) is 15.2. The molecule has 1 fully saturated rings. The van der Waals surface area contributed by atoms with Crippen molar-refractivity contribution in [1.29, 1.82) is 0 Å². The van der Waals surface area contributed by atoms with Crippen LogP contribution in [0.2, 0.25) is 0 Å². The molecule has 1 aliphatic rings. The summed E-state index contributed by atoms with van der Waals surface area (Å²) in [5.74, 6) is -1.39. The smallest absolute Gasteiger partial charge is 0.229 e. The van der Waals surface area contributed by atoms with Crippen LogP contribution in [0, 0.1) is 18.7 Å². The number of nitrogens with one attached hydrogen (secondary N) is 1. The van der Waals surface area contributed by atoms with E-state index in [9.17, 15) is 14.0 Å². The van der Waals surface area contributed by atoms with Crippen LogP contribution in [-0.2, 0) is 9.59 Å². The number of anilines is 2. The summed E-state index contributed by atoms with van der Waals surface area (Å²) in [6.45, 7) is 2.24. The van der Waals surface area contributed by atoms with Gasteiger partial charge in [0.25, 0.3) is 0 Å². The Morgan fingerprint density at radius 1 is 1.17 bits per heavy atom. The first-order chi connectivity index (χ1) is 11.1. The summed E-state index contributed by atoms with van der Waals surface area (Å²) in [4.78, 5) is 26.2. The zero-order valence-corrected chi connectivity index (χ0v) is 12.8. The van der Waals surface area contributed by atoms with E-state index >= 15 is 0 Å². The highest BCUT2D eigenvalue weighted by Gasteiger charge is 2.35. The zero-order valence-electron chi connectivity index (χ0n) is 12.8. The number of carbonyl (C=O) groups excluding carboxylic acids is 2. The van der Waals surface area contributed by atoms with Gasteiger partial charge in [0.15, 0.2) is 0 Å². The number of para-hydroxylation sites is 2. The van der Waals surface area contributed by atoms with Gasteiger partial charge >= 0.3 is 0 Å². The number of hydrogen-bond acceptors (Lipinski definition) is 2. The van der Waals surface area contributed by atoms with E-state index in [-0.39, 0.29) is 23.9 Å². The minimum Gasteiger partial charge on any atom is -0.323 e. The molecule has 1 saturated heterocycles. The van der Waals surface area contributed by atoms with Gasteiger partial charge in [0, 0.05) is 18.7 Å². The third kappa shape index (κ3) is 3.08. The van der Waals surface area contributed by atoms with Crippen molar-refractivity contribution in [3.8, 4) is 0 Å². The Bertz CT molecular complexity index is 760.